The molecule has 0 spiro atoms. The zero-order valence-electron chi connectivity index (χ0n) is 12.3. The molecule has 2 nitrogen and oxygen atoms in total. The Hall–Kier alpha value is -1.51. The molecule has 2 aliphatic rings. The second kappa shape index (κ2) is 6.08. The number of rotatable bonds is 3. The van der Waals surface area contributed by atoms with Crippen molar-refractivity contribution in [3.05, 3.63) is 69.9 Å². The molecular weight excluding hydrogens is 280 g/mol. The van der Waals surface area contributed by atoms with Gasteiger partial charge in [-0.05, 0) is 55.0 Å². The van der Waals surface area contributed by atoms with Crippen molar-refractivity contribution in [1.82, 2.24) is 5.32 Å². The Kier molecular flexibility index (Phi) is 4.18. The molecule has 0 saturated carbocycles. The Morgan fingerprint density at radius 3 is 3.05 bits per heavy atom. The molecule has 0 radical (unpaired) electrons. The summed E-state index contributed by atoms with van der Waals surface area (Å²) in [5, 5.41) is 4.48. The van der Waals surface area contributed by atoms with E-state index in [-0.39, 0.29) is 12.1 Å². The van der Waals surface area contributed by atoms with Crippen LogP contribution in [0.1, 0.15) is 37.8 Å². The van der Waals surface area contributed by atoms with E-state index in [0.29, 0.717) is 0 Å². The topological polar surface area (TPSA) is 38.0 Å². The number of nitrogens with one attached hydrogen (secondary N) is 1. The van der Waals surface area contributed by atoms with Crippen LogP contribution in [0.25, 0.3) is 0 Å². The molecule has 110 valence electrons. The van der Waals surface area contributed by atoms with E-state index in [4.69, 9.17) is 17.3 Å². The highest BCUT2D eigenvalue weighted by Crippen LogP contribution is 2.32. The van der Waals surface area contributed by atoms with Gasteiger partial charge >= 0.3 is 0 Å². The van der Waals surface area contributed by atoms with Crippen molar-refractivity contribution >= 4 is 11.6 Å². The molecule has 1 aromatic carbocycles. The first-order valence-corrected chi connectivity index (χ1v) is 7.90. The van der Waals surface area contributed by atoms with Gasteiger partial charge in [0.15, 0.2) is 0 Å². The van der Waals surface area contributed by atoms with Crippen LogP contribution in [0, 0.1) is 0 Å². The average molecular weight is 301 g/mol. The van der Waals surface area contributed by atoms with Gasteiger partial charge in [-0.15, -0.1) is 0 Å². The maximum atomic E-state index is 6.23. The maximum absolute atomic E-state index is 6.23. The van der Waals surface area contributed by atoms with Gasteiger partial charge in [-0.3, -0.25) is 0 Å². The third-order valence-electron chi connectivity index (χ3n) is 4.27. The van der Waals surface area contributed by atoms with Crippen molar-refractivity contribution in [3.63, 3.8) is 0 Å². The lowest BCUT2D eigenvalue weighted by Gasteiger charge is -2.31. The fourth-order valence-electron chi connectivity index (χ4n) is 3.20. The molecule has 2 atom stereocenters. The maximum Gasteiger partial charge on any atom is 0.0409 e. The van der Waals surface area contributed by atoms with Gasteiger partial charge in [-0.1, -0.05) is 42.0 Å². The molecule has 0 amide bonds. The molecule has 0 aliphatic heterocycles. The fourth-order valence-corrected chi connectivity index (χ4v) is 3.40. The summed E-state index contributed by atoms with van der Waals surface area (Å²) >= 11 is 6.09. The lowest BCUT2D eigenvalue weighted by atomic mass is 9.84. The second-order valence-electron chi connectivity index (χ2n) is 5.77. The zero-order valence-corrected chi connectivity index (χ0v) is 13.0. The standard InChI is InChI=1S/C18H21ClN2/c1-12(14-7-2-8-15(19)11-14)21-17-10-4-6-13-5-3-9-16(20)18(13)17/h2,4,6-9,11-12,17,21H,3,5,10,20H2,1H3. The smallest absolute Gasteiger partial charge is 0.0409 e. The minimum absolute atomic E-state index is 0.240. The normalized spacial score (nSPS) is 22.8. The number of nitrogens with two attached hydrogens (primary N) is 1. The lowest BCUT2D eigenvalue weighted by Crippen LogP contribution is -2.37. The van der Waals surface area contributed by atoms with E-state index in [1.165, 1.54) is 16.7 Å². The molecule has 0 heterocycles. The van der Waals surface area contributed by atoms with Crippen LogP contribution in [0.4, 0.5) is 0 Å². The molecule has 3 heteroatoms. The first-order valence-electron chi connectivity index (χ1n) is 7.52. The van der Waals surface area contributed by atoms with Gasteiger partial charge in [0.2, 0.25) is 0 Å². The quantitative estimate of drug-likeness (QED) is 0.875. The van der Waals surface area contributed by atoms with Crippen LogP contribution in [0.3, 0.4) is 0 Å². The summed E-state index contributed by atoms with van der Waals surface area (Å²) < 4.78 is 0. The van der Waals surface area contributed by atoms with Crippen molar-refractivity contribution < 1.29 is 0 Å². The van der Waals surface area contributed by atoms with E-state index in [1.54, 1.807) is 0 Å². The van der Waals surface area contributed by atoms with Crippen LogP contribution in [0.15, 0.2) is 59.3 Å². The lowest BCUT2D eigenvalue weighted by molar-refractivity contribution is 0.492. The van der Waals surface area contributed by atoms with E-state index >= 15 is 0 Å². The Morgan fingerprint density at radius 2 is 2.24 bits per heavy atom. The molecule has 0 bridgehead atoms. The molecule has 1 aromatic rings. The summed E-state index contributed by atoms with van der Waals surface area (Å²) in [6.07, 6.45) is 9.76. The highest BCUT2D eigenvalue weighted by atomic mass is 35.5. The summed E-state index contributed by atoms with van der Waals surface area (Å²) in [4.78, 5) is 0. The third-order valence-corrected chi connectivity index (χ3v) is 4.51. The van der Waals surface area contributed by atoms with Crippen LogP contribution < -0.4 is 11.1 Å². The molecule has 2 aliphatic carbocycles. The molecule has 0 fully saturated rings. The second-order valence-corrected chi connectivity index (χ2v) is 6.21. The average Bonchev–Trinajstić information content (AvgIpc) is 2.47. The van der Waals surface area contributed by atoms with E-state index < -0.39 is 0 Å². The van der Waals surface area contributed by atoms with Gasteiger partial charge in [0.1, 0.15) is 0 Å². The third kappa shape index (κ3) is 3.07. The first kappa shape index (κ1) is 14.4. The van der Waals surface area contributed by atoms with Gasteiger partial charge in [0, 0.05) is 22.8 Å². The Bertz CT molecular complexity index is 628. The molecule has 21 heavy (non-hydrogen) atoms. The van der Waals surface area contributed by atoms with Crippen LogP contribution in [-0.4, -0.2) is 6.04 Å². The van der Waals surface area contributed by atoms with Gasteiger partial charge in [0.05, 0.1) is 0 Å². The van der Waals surface area contributed by atoms with E-state index in [9.17, 15) is 0 Å². The molecule has 0 aromatic heterocycles. The number of hydrogen-bond donors (Lipinski definition) is 2. The SMILES string of the molecule is CC(NC1CC=CC2=C1C(N)=CCC2)c1cccc(Cl)c1. The summed E-state index contributed by atoms with van der Waals surface area (Å²) in [7, 11) is 0. The summed E-state index contributed by atoms with van der Waals surface area (Å²) in [6, 6.07) is 8.56. The predicted molar refractivity (Wildman–Crippen MR) is 89.1 cm³/mol. The Labute approximate surface area is 131 Å². The summed E-state index contributed by atoms with van der Waals surface area (Å²) in [5.74, 6) is 0. The van der Waals surface area contributed by atoms with Crippen molar-refractivity contribution in [1.29, 1.82) is 0 Å². The summed E-state index contributed by atoms with van der Waals surface area (Å²) in [6.45, 7) is 2.17. The van der Waals surface area contributed by atoms with Gasteiger partial charge in [-0.2, -0.15) is 0 Å². The van der Waals surface area contributed by atoms with E-state index in [1.807, 2.05) is 18.2 Å². The number of hydrogen-bond acceptors (Lipinski definition) is 2. The highest BCUT2D eigenvalue weighted by molar-refractivity contribution is 6.30. The highest BCUT2D eigenvalue weighted by Gasteiger charge is 2.25. The molecule has 3 N–H and O–H groups in total. The van der Waals surface area contributed by atoms with E-state index in [0.717, 1.165) is 30.0 Å². The monoisotopic (exact) mass is 300 g/mol. The number of allylic oxidation sites excluding steroid dienone is 3. The largest absolute Gasteiger partial charge is 0.399 e. The molecule has 3 rings (SSSR count). The summed E-state index contributed by atoms with van der Waals surface area (Å²) in [5.41, 5.74) is 11.0. The first-order chi connectivity index (χ1) is 10.1. The van der Waals surface area contributed by atoms with Gasteiger partial charge in [-0.25, -0.2) is 0 Å². The van der Waals surface area contributed by atoms with Crippen molar-refractivity contribution in [2.75, 3.05) is 0 Å². The minimum atomic E-state index is 0.240. The molecule has 2 unspecified atom stereocenters. The van der Waals surface area contributed by atoms with Crippen molar-refractivity contribution in [3.8, 4) is 0 Å². The molecular formula is C18H21ClN2. The van der Waals surface area contributed by atoms with Crippen molar-refractivity contribution in [2.24, 2.45) is 5.73 Å². The van der Waals surface area contributed by atoms with E-state index in [2.05, 4.69) is 36.5 Å². The van der Waals surface area contributed by atoms with Crippen LogP contribution in [-0.2, 0) is 0 Å². The van der Waals surface area contributed by atoms with Crippen LogP contribution in [0.2, 0.25) is 5.02 Å². The molecule has 0 saturated heterocycles. The Morgan fingerprint density at radius 1 is 1.38 bits per heavy atom. The van der Waals surface area contributed by atoms with Crippen molar-refractivity contribution in [2.45, 2.75) is 38.3 Å². The zero-order chi connectivity index (χ0) is 14.8. The minimum Gasteiger partial charge on any atom is -0.399 e. The number of halogens is 1. The fraction of sp³-hybridized carbons (Fsp3) is 0.333. The Balaban J connectivity index is 1.80. The number of benzene rings is 1. The van der Waals surface area contributed by atoms with Crippen LogP contribution >= 0.6 is 11.6 Å². The van der Waals surface area contributed by atoms with Crippen LogP contribution in [0.5, 0.6) is 0 Å². The van der Waals surface area contributed by atoms with Gasteiger partial charge in [0.25, 0.3) is 0 Å². The predicted octanol–water partition coefficient (Wildman–Crippen LogP) is 4.25. The van der Waals surface area contributed by atoms with Gasteiger partial charge < -0.3 is 11.1 Å².